The first kappa shape index (κ1) is 13.5. The van der Waals surface area contributed by atoms with Crippen LogP contribution in [0.3, 0.4) is 0 Å². The molecule has 0 spiro atoms. The lowest BCUT2D eigenvalue weighted by atomic mass is 10.1. The maximum absolute atomic E-state index is 5.77. The Bertz CT molecular complexity index is 839. The summed E-state index contributed by atoms with van der Waals surface area (Å²) in [5.41, 5.74) is 3.13. The zero-order valence-corrected chi connectivity index (χ0v) is 13.1. The van der Waals surface area contributed by atoms with Crippen LogP contribution in [-0.4, -0.2) is 39.3 Å². The quantitative estimate of drug-likeness (QED) is 0.763. The van der Waals surface area contributed by atoms with Gasteiger partial charge in [0.15, 0.2) is 0 Å². The summed E-state index contributed by atoms with van der Waals surface area (Å²) in [4.78, 5) is 12.7. The van der Waals surface area contributed by atoms with Crippen molar-refractivity contribution < 1.29 is 4.74 Å². The minimum Gasteiger partial charge on any atom is -0.379 e. The van der Waals surface area contributed by atoms with Gasteiger partial charge in [0.05, 0.1) is 30.4 Å². The van der Waals surface area contributed by atoms with E-state index in [1.54, 1.807) is 0 Å². The van der Waals surface area contributed by atoms with Crippen LogP contribution in [0.15, 0.2) is 18.5 Å². The SMILES string of the molecule is c1cc2c(ncc3nc(C4CCCN4)n(C4CCCOC4)c32)[nH]1. The Labute approximate surface area is 134 Å². The zero-order chi connectivity index (χ0) is 15.2. The third kappa shape index (κ3) is 2.09. The summed E-state index contributed by atoms with van der Waals surface area (Å²) in [5, 5.41) is 4.76. The van der Waals surface area contributed by atoms with Gasteiger partial charge in [-0.05, 0) is 38.3 Å². The third-order valence-corrected chi connectivity index (χ3v) is 5.13. The van der Waals surface area contributed by atoms with Gasteiger partial charge < -0.3 is 19.6 Å². The lowest BCUT2D eigenvalue weighted by Crippen LogP contribution is -2.26. The van der Waals surface area contributed by atoms with Gasteiger partial charge in [-0.1, -0.05) is 0 Å². The molecule has 2 atom stereocenters. The fourth-order valence-corrected chi connectivity index (χ4v) is 4.06. The minimum atomic E-state index is 0.346. The number of aromatic nitrogens is 4. The summed E-state index contributed by atoms with van der Waals surface area (Å²) >= 11 is 0. The molecule has 0 radical (unpaired) electrons. The van der Waals surface area contributed by atoms with E-state index in [0.717, 1.165) is 61.4 Å². The molecule has 5 rings (SSSR count). The predicted octanol–water partition coefficient (Wildman–Crippen LogP) is 2.69. The molecule has 0 saturated carbocycles. The standard InChI is InChI=1S/C17H21N5O/c1-4-13(18-6-1)17-21-14-9-20-16-12(5-7-19-16)15(14)22(17)11-3-2-8-23-10-11/h5,7,9,11,13,18H,1-4,6,8,10H2,(H,19,20). The number of rotatable bonds is 2. The first-order valence-corrected chi connectivity index (χ1v) is 8.57. The number of imidazole rings is 1. The first-order chi connectivity index (χ1) is 11.4. The maximum atomic E-state index is 5.77. The average Bonchev–Trinajstić information content (AvgIpc) is 3.32. The van der Waals surface area contributed by atoms with Gasteiger partial charge in [0.2, 0.25) is 0 Å². The monoisotopic (exact) mass is 311 g/mol. The number of nitrogens with zero attached hydrogens (tertiary/aromatic N) is 3. The van der Waals surface area contributed by atoms with E-state index in [-0.39, 0.29) is 0 Å². The van der Waals surface area contributed by atoms with E-state index < -0.39 is 0 Å². The van der Waals surface area contributed by atoms with Crippen LogP contribution in [0.2, 0.25) is 0 Å². The number of hydrogen-bond acceptors (Lipinski definition) is 4. The van der Waals surface area contributed by atoms with Gasteiger partial charge >= 0.3 is 0 Å². The highest BCUT2D eigenvalue weighted by molar-refractivity contribution is 6.01. The lowest BCUT2D eigenvalue weighted by molar-refractivity contribution is 0.0591. The van der Waals surface area contributed by atoms with Crippen molar-refractivity contribution in [2.24, 2.45) is 0 Å². The van der Waals surface area contributed by atoms with E-state index >= 15 is 0 Å². The topological polar surface area (TPSA) is 67.8 Å². The summed E-state index contributed by atoms with van der Waals surface area (Å²) < 4.78 is 8.21. The Morgan fingerprint density at radius 1 is 1.26 bits per heavy atom. The van der Waals surface area contributed by atoms with E-state index in [9.17, 15) is 0 Å². The molecule has 3 aromatic heterocycles. The molecule has 120 valence electrons. The summed E-state index contributed by atoms with van der Waals surface area (Å²) in [6.07, 6.45) is 8.49. The first-order valence-electron chi connectivity index (χ1n) is 8.57. The van der Waals surface area contributed by atoms with Crippen molar-refractivity contribution in [3.8, 4) is 0 Å². The van der Waals surface area contributed by atoms with Crippen molar-refractivity contribution in [2.45, 2.75) is 37.8 Å². The van der Waals surface area contributed by atoms with E-state index in [1.807, 2.05) is 12.4 Å². The van der Waals surface area contributed by atoms with Gasteiger partial charge in [0, 0.05) is 18.2 Å². The molecular formula is C17H21N5O. The van der Waals surface area contributed by atoms with Gasteiger partial charge in [-0.2, -0.15) is 0 Å². The Hall–Kier alpha value is -1.92. The van der Waals surface area contributed by atoms with E-state index in [1.165, 1.54) is 11.9 Å². The van der Waals surface area contributed by atoms with Crippen LogP contribution < -0.4 is 5.32 Å². The van der Waals surface area contributed by atoms with E-state index in [0.29, 0.717) is 12.1 Å². The van der Waals surface area contributed by atoms with Crippen molar-refractivity contribution >= 4 is 22.1 Å². The molecule has 2 aliphatic heterocycles. The summed E-state index contributed by atoms with van der Waals surface area (Å²) in [6.45, 7) is 2.73. The Kier molecular flexibility index (Phi) is 3.12. The fourth-order valence-electron chi connectivity index (χ4n) is 4.06. The van der Waals surface area contributed by atoms with Gasteiger partial charge in [-0.25, -0.2) is 9.97 Å². The van der Waals surface area contributed by atoms with Crippen LogP contribution in [0.25, 0.3) is 22.1 Å². The lowest BCUT2D eigenvalue weighted by Gasteiger charge is -2.27. The highest BCUT2D eigenvalue weighted by atomic mass is 16.5. The number of ether oxygens (including phenoxy) is 1. The van der Waals surface area contributed by atoms with Crippen LogP contribution in [-0.2, 0) is 4.74 Å². The molecule has 2 unspecified atom stereocenters. The van der Waals surface area contributed by atoms with E-state index in [2.05, 4.69) is 25.9 Å². The normalized spacial score (nSPS) is 25.6. The van der Waals surface area contributed by atoms with Crippen molar-refractivity contribution in [1.82, 2.24) is 24.8 Å². The van der Waals surface area contributed by atoms with Gasteiger partial charge in [-0.3, -0.25) is 0 Å². The van der Waals surface area contributed by atoms with Crippen molar-refractivity contribution in [3.05, 3.63) is 24.3 Å². The summed E-state index contributed by atoms with van der Waals surface area (Å²) in [7, 11) is 0. The molecule has 0 bridgehead atoms. The Morgan fingerprint density at radius 2 is 2.26 bits per heavy atom. The number of H-pyrrole nitrogens is 1. The highest BCUT2D eigenvalue weighted by Gasteiger charge is 2.29. The zero-order valence-electron chi connectivity index (χ0n) is 13.1. The molecule has 0 aromatic carbocycles. The van der Waals surface area contributed by atoms with Crippen molar-refractivity contribution in [3.63, 3.8) is 0 Å². The highest BCUT2D eigenvalue weighted by Crippen LogP contribution is 2.34. The summed E-state index contributed by atoms with van der Waals surface area (Å²) in [6, 6.07) is 2.82. The third-order valence-electron chi connectivity index (χ3n) is 5.13. The molecular weight excluding hydrogens is 290 g/mol. The predicted molar refractivity (Wildman–Crippen MR) is 88.5 cm³/mol. The van der Waals surface area contributed by atoms with Crippen LogP contribution >= 0.6 is 0 Å². The number of pyridine rings is 1. The number of nitrogens with one attached hydrogen (secondary N) is 2. The Balaban J connectivity index is 1.77. The van der Waals surface area contributed by atoms with Crippen LogP contribution in [0.5, 0.6) is 0 Å². The molecule has 0 amide bonds. The van der Waals surface area contributed by atoms with E-state index in [4.69, 9.17) is 9.72 Å². The molecule has 2 fully saturated rings. The molecule has 23 heavy (non-hydrogen) atoms. The molecule has 2 saturated heterocycles. The van der Waals surface area contributed by atoms with Crippen LogP contribution in [0, 0.1) is 0 Å². The van der Waals surface area contributed by atoms with Gasteiger partial charge in [-0.15, -0.1) is 0 Å². The smallest absolute Gasteiger partial charge is 0.139 e. The molecule has 2 N–H and O–H groups in total. The van der Waals surface area contributed by atoms with Crippen LogP contribution in [0.4, 0.5) is 0 Å². The fraction of sp³-hybridized carbons (Fsp3) is 0.529. The number of fused-ring (bicyclic) bond motifs is 3. The van der Waals surface area contributed by atoms with Gasteiger partial charge in [0.1, 0.15) is 17.0 Å². The second kappa shape index (κ2) is 5.32. The second-order valence-corrected chi connectivity index (χ2v) is 6.59. The van der Waals surface area contributed by atoms with Gasteiger partial charge in [0.25, 0.3) is 0 Å². The molecule has 0 aliphatic carbocycles. The summed E-state index contributed by atoms with van der Waals surface area (Å²) in [5.74, 6) is 1.16. The van der Waals surface area contributed by atoms with Crippen LogP contribution in [0.1, 0.15) is 43.6 Å². The molecule has 6 heteroatoms. The molecule has 3 aromatic rings. The molecule has 6 nitrogen and oxygen atoms in total. The minimum absolute atomic E-state index is 0.346. The Morgan fingerprint density at radius 3 is 3.09 bits per heavy atom. The van der Waals surface area contributed by atoms with Crippen molar-refractivity contribution in [1.29, 1.82) is 0 Å². The number of hydrogen-bond donors (Lipinski definition) is 2. The molecule has 5 heterocycles. The average molecular weight is 311 g/mol. The maximum Gasteiger partial charge on any atom is 0.139 e. The largest absolute Gasteiger partial charge is 0.379 e. The second-order valence-electron chi connectivity index (χ2n) is 6.59. The number of aromatic amines is 1. The van der Waals surface area contributed by atoms with Crippen molar-refractivity contribution in [2.75, 3.05) is 19.8 Å². The molecule has 2 aliphatic rings.